The van der Waals surface area contributed by atoms with Crippen molar-refractivity contribution in [2.24, 2.45) is 0 Å². The Morgan fingerprint density at radius 2 is 1.84 bits per heavy atom. The summed E-state index contributed by atoms with van der Waals surface area (Å²) in [6, 6.07) is 8.04. The van der Waals surface area contributed by atoms with Crippen molar-refractivity contribution >= 4 is 15.9 Å². The number of hydrogen-bond acceptors (Lipinski definition) is 6. The number of halogens is 3. The molecule has 0 saturated heterocycles. The third-order valence-electron chi connectivity index (χ3n) is 3.86. The first-order valence-corrected chi connectivity index (χ1v) is 8.25. The quantitative estimate of drug-likeness (QED) is 0.626. The van der Waals surface area contributed by atoms with Gasteiger partial charge in [0.15, 0.2) is 0 Å². The molecule has 2 heterocycles. The van der Waals surface area contributed by atoms with Crippen LogP contribution in [0.2, 0.25) is 0 Å². The highest BCUT2D eigenvalue weighted by Crippen LogP contribution is 2.50. The summed E-state index contributed by atoms with van der Waals surface area (Å²) >= 11 is 3.53. The fourth-order valence-electron chi connectivity index (χ4n) is 2.46. The van der Waals surface area contributed by atoms with Crippen LogP contribution in [0.25, 0.3) is 11.5 Å². The molecule has 1 aromatic carbocycles. The lowest BCUT2D eigenvalue weighted by molar-refractivity contribution is 0.116. The lowest BCUT2D eigenvalue weighted by Gasteiger charge is -2.18. The molecule has 1 fully saturated rings. The highest BCUT2D eigenvalue weighted by molar-refractivity contribution is 9.10. The van der Waals surface area contributed by atoms with Crippen LogP contribution in [0.5, 0.6) is 6.01 Å². The van der Waals surface area contributed by atoms with Crippen LogP contribution in [0.1, 0.15) is 30.7 Å². The molecule has 2 aromatic heterocycles. The van der Waals surface area contributed by atoms with Gasteiger partial charge in [-0.15, -0.1) is 10.2 Å². The predicted octanol–water partition coefficient (Wildman–Crippen LogP) is 4.29. The average Bonchev–Trinajstić information content (AvgIpc) is 3.20. The molecule has 0 amide bonds. The first-order chi connectivity index (χ1) is 12.1. The van der Waals surface area contributed by atoms with E-state index in [1.165, 1.54) is 12.4 Å². The molecule has 4 rings (SSSR count). The molecule has 0 N–H and O–H groups in total. The number of nitrogens with zero attached hydrogens (tertiary/aromatic N) is 4. The van der Waals surface area contributed by atoms with Crippen molar-refractivity contribution in [2.75, 3.05) is 0 Å². The van der Waals surface area contributed by atoms with E-state index in [4.69, 9.17) is 9.15 Å². The largest absolute Gasteiger partial charge is 0.452 e. The number of aromatic nitrogens is 4. The minimum absolute atomic E-state index is 0.0613. The van der Waals surface area contributed by atoms with Gasteiger partial charge in [0.1, 0.15) is 5.60 Å². The Balaban J connectivity index is 1.54. The third-order valence-corrected chi connectivity index (χ3v) is 4.55. The van der Waals surface area contributed by atoms with Crippen molar-refractivity contribution in [3.05, 3.63) is 52.6 Å². The third kappa shape index (κ3) is 3.11. The number of benzene rings is 1. The van der Waals surface area contributed by atoms with Gasteiger partial charge in [0.2, 0.25) is 0 Å². The van der Waals surface area contributed by atoms with Crippen molar-refractivity contribution < 1.29 is 17.9 Å². The maximum Gasteiger partial charge on any atom is 0.317 e. The maximum atomic E-state index is 12.5. The van der Waals surface area contributed by atoms with Crippen LogP contribution in [-0.4, -0.2) is 20.2 Å². The zero-order valence-corrected chi connectivity index (χ0v) is 14.3. The van der Waals surface area contributed by atoms with Gasteiger partial charge in [0.05, 0.1) is 5.56 Å². The zero-order valence-electron chi connectivity index (χ0n) is 12.7. The Bertz CT molecular complexity index is 897. The summed E-state index contributed by atoms with van der Waals surface area (Å²) in [5, 5.41) is 6.83. The van der Waals surface area contributed by atoms with Gasteiger partial charge in [0.25, 0.3) is 11.8 Å². The van der Waals surface area contributed by atoms with Gasteiger partial charge < -0.3 is 9.15 Å². The first kappa shape index (κ1) is 16.1. The van der Waals surface area contributed by atoms with E-state index in [0.717, 1.165) is 22.9 Å². The molecule has 0 bridgehead atoms. The van der Waals surface area contributed by atoms with Crippen molar-refractivity contribution in [1.29, 1.82) is 0 Å². The number of ether oxygens (including phenoxy) is 1. The average molecular weight is 409 g/mol. The Kier molecular flexibility index (Phi) is 3.95. The summed E-state index contributed by atoms with van der Waals surface area (Å²) in [5.74, 6) is -0.796. The van der Waals surface area contributed by atoms with Crippen LogP contribution in [0.3, 0.4) is 0 Å². The molecular weight excluding hydrogens is 398 g/mol. The summed E-state index contributed by atoms with van der Waals surface area (Å²) in [5.41, 5.74) is 0.952. The van der Waals surface area contributed by atoms with E-state index in [1.54, 1.807) is 0 Å². The van der Waals surface area contributed by atoms with E-state index in [9.17, 15) is 8.78 Å². The van der Waals surface area contributed by atoms with Crippen LogP contribution >= 0.6 is 15.9 Å². The lowest BCUT2D eigenvalue weighted by atomic mass is 10.1. The molecule has 6 nitrogen and oxygen atoms in total. The summed E-state index contributed by atoms with van der Waals surface area (Å²) in [6.07, 6.45) is 1.72. The first-order valence-electron chi connectivity index (χ1n) is 7.45. The fourth-order valence-corrected chi connectivity index (χ4v) is 3.11. The lowest BCUT2D eigenvalue weighted by Crippen LogP contribution is -2.17. The monoisotopic (exact) mass is 408 g/mol. The molecule has 1 aliphatic carbocycles. The predicted molar refractivity (Wildman–Crippen MR) is 86.0 cm³/mol. The minimum atomic E-state index is -2.82. The molecule has 25 heavy (non-hydrogen) atoms. The fraction of sp³-hybridized carbons (Fsp3) is 0.250. The normalized spacial score (nSPS) is 15.4. The van der Waals surface area contributed by atoms with Gasteiger partial charge in [0, 0.05) is 22.4 Å². The molecule has 0 atom stereocenters. The summed E-state index contributed by atoms with van der Waals surface area (Å²) in [4.78, 5) is 8.25. The summed E-state index contributed by atoms with van der Waals surface area (Å²) in [6.45, 7) is 0. The van der Waals surface area contributed by atoms with Gasteiger partial charge in [-0.2, -0.15) is 8.78 Å². The summed E-state index contributed by atoms with van der Waals surface area (Å²) in [7, 11) is 0. The summed E-state index contributed by atoms with van der Waals surface area (Å²) < 4.78 is 36.8. The Labute approximate surface area is 149 Å². The van der Waals surface area contributed by atoms with Crippen molar-refractivity contribution in [3.63, 3.8) is 0 Å². The van der Waals surface area contributed by atoms with E-state index in [0.29, 0.717) is 5.56 Å². The molecular formula is C16H11BrF2N4O2. The Hall–Kier alpha value is -2.42. The number of rotatable bonds is 5. The van der Waals surface area contributed by atoms with Crippen molar-refractivity contribution in [3.8, 4) is 17.5 Å². The second kappa shape index (κ2) is 6.14. The van der Waals surface area contributed by atoms with Crippen LogP contribution < -0.4 is 4.74 Å². The highest BCUT2D eigenvalue weighted by atomic mass is 79.9. The second-order valence-electron chi connectivity index (χ2n) is 5.58. The minimum Gasteiger partial charge on any atom is -0.452 e. The van der Waals surface area contributed by atoms with Crippen molar-refractivity contribution in [2.45, 2.75) is 24.9 Å². The van der Waals surface area contributed by atoms with Gasteiger partial charge >= 0.3 is 12.4 Å². The zero-order chi connectivity index (χ0) is 17.4. The van der Waals surface area contributed by atoms with Gasteiger partial charge in [-0.3, -0.25) is 0 Å². The van der Waals surface area contributed by atoms with E-state index < -0.39 is 17.9 Å². The molecule has 1 aliphatic rings. The number of hydrogen-bond donors (Lipinski definition) is 0. The molecule has 128 valence electrons. The maximum absolute atomic E-state index is 12.5. The molecule has 0 aliphatic heterocycles. The standard InChI is InChI=1S/C16H11BrF2N4O2/c17-11-4-2-1-3-10(11)16(5-6-16)25-15-20-7-9(8-21-15)13-22-23-14(24-13)12(18)19/h1-4,7-8,12H,5-6H2. The van der Waals surface area contributed by atoms with Crippen LogP contribution in [0, 0.1) is 0 Å². The molecule has 9 heteroatoms. The van der Waals surface area contributed by atoms with Crippen molar-refractivity contribution in [1.82, 2.24) is 20.2 Å². The molecule has 0 radical (unpaired) electrons. The van der Waals surface area contributed by atoms with E-state index >= 15 is 0 Å². The van der Waals surface area contributed by atoms with Crippen LogP contribution in [-0.2, 0) is 5.60 Å². The smallest absolute Gasteiger partial charge is 0.317 e. The van der Waals surface area contributed by atoms with Gasteiger partial charge in [-0.1, -0.05) is 34.1 Å². The Morgan fingerprint density at radius 3 is 2.44 bits per heavy atom. The molecule has 3 aromatic rings. The van der Waals surface area contributed by atoms with E-state index in [-0.39, 0.29) is 11.9 Å². The highest BCUT2D eigenvalue weighted by Gasteiger charge is 2.49. The number of alkyl halides is 2. The van der Waals surface area contributed by atoms with Crippen LogP contribution in [0.4, 0.5) is 8.78 Å². The van der Waals surface area contributed by atoms with Gasteiger partial charge in [-0.25, -0.2) is 9.97 Å². The van der Waals surface area contributed by atoms with E-state index in [2.05, 4.69) is 36.1 Å². The molecule has 0 unspecified atom stereocenters. The molecule has 1 saturated carbocycles. The topological polar surface area (TPSA) is 73.9 Å². The SMILES string of the molecule is FC(F)c1nnc(-c2cnc(OC3(c4ccccc4Br)CC3)nc2)o1. The Morgan fingerprint density at radius 1 is 1.12 bits per heavy atom. The van der Waals surface area contributed by atoms with E-state index in [1.807, 2.05) is 24.3 Å². The molecule has 0 spiro atoms. The van der Waals surface area contributed by atoms with Gasteiger partial charge in [-0.05, 0) is 18.9 Å². The van der Waals surface area contributed by atoms with Crippen LogP contribution in [0.15, 0.2) is 45.5 Å². The second-order valence-corrected chi connectivity index (χ2v) is 6.43.